The molecule has 0 radical (unpaired) electrons. The molecule has 1 heterocycles. The maximum atomic E-state index is 11.8. The zero-order valence-electron chi connectivity index (χ0n) is 9.24. The molecule has 0 amide bonds. The Bertz CT molecular complexity index is 528. The zero-order chi connectivity index (χ0) is 12.3. The second-order valence-electron chi connectivity index (χ2n) is 3.50. The van der Waals surface area contributed by atoms with Gasteiger partial charge in [0.05, 0.1) is 6.54 Å². The van der Waals surface area contributed by atoms with Crippen molar-refractivity contribution in [1.82, 2.24) is 9.13 Å². The molecule has 0 aromatic carbocycles. The fourth-order valence-corrected chi connectivity index (χ4v) is 1.39. The van der Waals surface area contributed by atoms with E-state index in [1.54, 1.807) is 13.8 Å². The molecule has 1 aromatic heterocycles. The minimum Gasteiger partial charge on any atom is -0.393 e. The number of allylic oxidation sites excluding steroid dienone is 1. The molecule has 1 aromatic rings. The summed E-state index contributed by atoms with van der Waals surface area (Å²) in [7, 11) is 0. The highest BCUT2D eigenvalue weighted by atomic mass is 35.5. The van der Waals surface area contributed by atoms with Crippen LogP contribution in [0.15, 0.2) is 26.9 Å². The van der Waals surface area contributed by atoms with Crippen LogP contribution in [0.3, 0.4) is 0 Å². The second-order valence-corrected chi connectivity index (χ2v) is 3.72. The van der Waals surface area contributed by atoms with E-state index in [-0.39, 0.29) is 17.9 Å². The van der Waals surface area contributed by atoms with Gasteiger partial charge in [-0.2, -0.15) is 0 Å². The first-order valence-electron chi connectivity index (χ1n) is 4.86. The monoisotopic (exact) mass is 243 g/mol. The van der Waals surface area contributed by atoms with Crippen LogP contribution in [0, 0.1) is 0 Å². The number of hydrogen-bond donors (Lipinski definition) is 1. The number of anilines is 1. The SMILES string of the molecule is CCn1cc(N)c(=O)n(C/C(C)=C/Cl)c1=O. The van der Waals surface area contributed by atoms with E-state index < -0.39 is 5.56 Å². The van der Waals surface area contributed by atoms with E-state index in [0.29, 0.717) is 12.1 Å². The maximum absolute atomic E-state index is 11.8. The van der Waals surface area contributed by atoms with E-state index in [0.717, 1.165) is 4.57 Å². The van der Waals surface area contributed by atoms with Crippen LogP contribution < -0.4 is 17.0 Å². The molecule has 2 N–H and O–H groups in total. The molecular weight excluding hydrogens is 230 g/mol. The van der Waals surface area contributed by atoms with Crippen LogP contribution >= 0.6 is 11.6 Å². The summed E-state index contributed by atoms with van der Waals surface area (Å²) in [5, 5.41) is 0. The molecule has 88 valence electrons. The van der Waals surface area contributed by atoms with Crippen LogP contribution in [-0.4, -0.2) is 9.13 Å². The third-order valence-electron chi connectivity index (χ3n) is 2.20. The third kappa shape index (κ3) is 2.36. The van der Waals surface area contributed by atoms with Gasteiger partial charge in [-0.05, 0) is 19.4 Å². The lowest BCUT2D eigenvalue weighted by atomic mass is 10.3. The van der Waals surface area contributed by atoms with Crippen LogP contribution in [-0.2, 0) is 13.1 Å². The number of nitrogens with two attached hydrogens (primary N) is 1. The van der Waals surface area contributed by atoms with Crippen LogP contribution in [0.2, 0.25) is 0 Å². The summed E-state index contributed by atoms with van der Waals surface area (Å²) in [6, 6.07) is 0. The number of nitrogen functional groups attached to an aromatic ring is 1. The van der Waals surface area contributed by atoms with E-state index in [1.165, 1.54) is 16.3 Å². The van der Waals surface area contributed by atoms with Crippen molar-refractivity contribution >= 4 is 17.3 Å². The average Bonchev–Trinajstić information content (AvgIpc) is 2.28. The average molecular weight is 244 g/mol. The molecule has 1 rings (SSSR count). The molecule has 0 saturated carbocycles. The zero-order valence-corrected chi connectivity index (χ0v) is 9.99. The Labute approximate surface area is 97.8 Å². The molecule has 6 heteroatoms. The fourth-order valence-electron chi connectivity index (χ4n) is 1.33. The van der Waals surface area contributed by atoms with Crippen molar-refractivity contribution < 1.29 is 0 Å². The molecule has 0 unspecified atom stereocenters. The van der Waals surface area contributed by atoms with E-state index >= 15 is 0 Å². The number of nitrogens with zero attached hydrogens (tertiary/aromatic N) is 2. The predicted molar refractivity (Wildman–Crippen MR) is 64.7 cm³/mol. The van der Waals surface area contributed by atoms with Crippen molar-refractivity contribution in [3.63, 3.8) is 0 Å². The van der Waals surface area contributed by atoms with E-state index in [4.69, 9.17) is 17.3 Å². The Morgan fingerprint density at radius 2 is 2.19 bits per heavy atom. The molecule has 0 fully saturated rings. The van der Waals surface area contributed by atoms with Gasteiger partial charge in [-0.25, -0.2) is 4.79 Å². The Morgan fingerprint density at radius 3 is 2.69 bits per heavy atom. The molecule has 0 spiro atoms. The summed E-state index contributed by atoms with van der Waals surface area (Å²) in [6.45, 7) is 4.16. The minimum absolute atomic E-state index is 0.0591. The van der Waals surface area contributed by atoms with Crippen LogP contribution in [0.1, 0.15) is 13.8 Å². The van der Waals surface area contributed by atoms with E-state index in [1.807, 2.05) is 0 Å². The number of aromatic nitrogens is 2. The third-order valence-corrected chi connectivity index (χ3v) is 2.57. The Hall–Kier alpha value is -1.49. The Morgan fingerprint density at radius 1 is 1.56 bits per heavy atom. The summed E-state index contributed by atoms with van der Waals surface area (Å²) in [6.07, 6.45) is 1.36. The fraction of sp³-hybridized carbons (Fsp3) is 0.400. The van der Waals surface area contributed by atoms with Gasteiger partial charge in [0.15, 0.2) is 0 Å². The van der Waals surface area contributed by atoms with Crippen molar-refractivity contribution in [1.29, 1.82) is 0 Å². The van der Waals surface area contributed by atoms with Gasteiger partial charge in [-0.3, -0.25) is 13.9 Å². The molecule has 0 atom stereocenters. The van der Waals surface area contributed by atoms with Crippen molar-refractivity contribution in [3.05, 3.63) is 38.1 Å². The highest BCUT2D eigenvalue weighted by Crippen LogP contribution is 1.98. The second kappa shape index (κ2) is 5.03. The topological polar surface area (TPSA) is 70.0 Å². The van der Waals surface area contributed by atoms with Crippen molar-refractivity contribution in [2.24, 2.45) is 0 Å². The molecule has 0 bridgehead atoms. The highest BCUT2D eigenvalue weighted by Gasteiger charge is 2.08. The van der Waals surface area contributed by atoms with Gasteiger partial charge >= 0.3 is 5.69 Å². The van der Waals surface area contributed by atoms with Crippen LogP contribution in [0.5, 0.6) is 0 Å². The summed E-state index contributed by atoms with van der Waals surface area (Å²) in [5.74, 6) is 0. The van der Waals surface area contributed by atoms with Gasteiger partial charge in [0, 0.05) is 18.3 Å². The summed E-state index contributed by atoms with van der Waals surface area (Å²) >= 11 is 5.50. The molecule has 0 aliphatic heterocycles. The standard InChI is InChI=1S/C10H14ClN3O2/c1-3-13-6-8(12)9(15)14(10(13)16)5-7(2)4-11/h4,6H,3,5,12H2,1-2H3/b7-4+. The molecule has 5 nitrogen and oxygen atoms in total. The van der Waals surface area contributed by atoms with E-state index in [9.17, 15) is 9.59 Å². The van der Waals surface area contributed by atoms with Crippen LogP contribution in [0.25, 0.3) is 0 Å². The lowest BCUT2D eigenvalue weighted by molar-refractivity contribution is 0.599. The largest absolute Gasteiger partial charge is 0.393 e. The van der Waals surface area contributed by atoms with Gasteiger partial charge in [0.2, 0.25) is 0 Å². The molecule has 16 heavy (non-hydrogen) atoms. The summed E-state index contributed by atoms with van der Waals surface area (Å²) in [4.78, 5) is 23.5. The molecule has 0 saturated heterocycles. The van der Waals surface area contributed by atoms with E-state index in [2.05, 4.69) is 0 Å². The molecule has 0 aliphatic rings. The highest BCUT2D eigenvalue weighted by molar-refractivity contribution is 6.25. The normalized spacial score (nSPS) is 11.8. The predicted octanol–water partition coefficient (Wildman–Crippen LogP) is 0.755. The van der Waals surface area contributed by atoms with Gasteiger partial charge in [-0.1, -0.05) is 11.6 Å². The van der Waals surface area contributed by atoms with Gasteiger partial charge in [0.25, 0.3) is 5.56 Å². The first kappa shape index (κ1) is 12.6. The van der Waals surface area contributed by atoms with Gasteiger partial charge in [-0.15, -0.1) is 0 Å². The smallest absolute Gasteiger partial charge is 0.331 e. The lowest BCUT2D eigenvalue weighted by Gasteiger charge is -2.09. The Balaban J connectivity index is 3.43. The number of hydrogen-bond acceptors (Lipinski definition) is 3. The first-order chi connectivity index (χ1) is 7.51. The van der Waals surface area contributed by atoms with Crippen LogP contribution in [0.4, 0.5) is 5.69 Å². The maximum Gasteiger partial charge on any atom is 0.331 e. The van der Waals surface area contributed by atoms with Crippen molar-refractivity contribution in [3.8, 4) is 0 Å². The number of halogens is 1. The van der Waals surface area contributed by atoms with Gasteiger partial charge in [0.1, 0.15) is 5.69 Å². The number of aryl methyl sites for hydroxylation is 1. The lowest BCUT2D eigenvalue weighted by Crippen LogP contribution is -2.40. The first-order valence-corrected chi connectivity index (χ1v) is 5.30. The Kier molecular flexibility index (Phi) is 3.95. The van der Waals surface area contributed by atoms with Crippen molar-refractivity contribution in [2.75, 3.05) is 5.73 Å². The molecule has 0 aliphatic carbocycles. The molecular formula is C10H14ClN3O2. The summed E-state index contributed by atoms with van der Waals surface area (Å²) < 4.78 is 2.46. The quantitative estimate of drug-likeness (QED) is 0.852. The summed E-state index contributed by atoms with van der Waals surface area (Å²) in [5.41, 5.74) is 6.80. The number of rotatable bonds is 3. The van der Waals surface area contributed by atoms with Crippen molar-refractivity contribution in [2.45, 2.75) is 26.9 Å². The van der Waals surface area contributed by atoms with Gasteiger partial charge < -0.3 is 5.73 Å². The minimum atomic E-state index is -0.479.